The monoisotopic (exact) mass is 388 g/mol. The smallest absolute Gasteiger partial charge is 0.269 e. The lowest BCUT2D eigenvalue weighted by Gasteiger charge is -2.25. The van der Waals surface area contributed by atoms with E-state index in [1.54, 1.807) is 6.20 Å². The first kappa shape index (κ1) is 20.6. The van der Waals surface area contributed by atoms with E-state index in [0.29, 0.717) is 18.8 Å². The molecule has 0 radical (unpaired) electrons. The minimum absolute atomic E-state index is 0.140. The number of carbonyl (C=O) groups excluding carboxylic acids is 1. The summed E-state index contributed by atoms with van der Waals surface area (Å²) < 4.78 is 0. The first-order chi connectivity index (χ1) is 14.1. The van der Waals surface area contributed by atoms with Gasteiger partial charge in [-0.2, -0.15) is 0 Å². The van der Waals surface area contributed by atoms with Gasteiger partial charge in [0.15, 0.2) is 0 Å². The Hall–Kier alpha value is -3.18. The number of benzene rings is 2. The van der Waals surface area contributed by atoms with Crippen LogP contribution in [0.5, 0.6) is 0 Å². The minimum Gasteiger partial charge on any atom is -0.351 e. The Kier molecular flexibility index (Phi) is 7.36. The molecule has 0 fully saturated rings. The molecule has 0 unspecified atom stereocenters. The zero-order valence-corrected chi connectivity index (χ0v) is 17.1. The molecular weight excluding hydrogens is 360 g/mol. The standard InChI is InChI=1S/C24H28N4O/c1-27(2)17-9-15-26-24(29)23-18-22(14-16-25-23)28(21-12-7-4-8-13-21)19-20-10-5-3-6-11-20/h3-8,10-14,16,18H,9,15,17,19H2,1-2H3,(H,26,29). The van der Waals surface area contributed by atoms with Gasteiger partial charge in [0, 0.05) is 30.7 Å². The molecule has 3 aromatic rings. The molecule has 1 N–H and O–H groups in total. The van der Waals surface area contributed by atoms with Gasteiger partial charge in [0.2, 0.25) is 0 Å². The van der Waals surface area contributed by atoms with E-state index < -0.39 is 0 Å². The molecule has 2 aromatic carbocycles. The van der Waals surface area contributed by atoms with Gasteiger partial charge >= 0.3 is 0 Å². The average molecular weight is 389 g/mol. The number of aromatic nitrogens is 1. The molecule has 0 bridgehead atoms. The van der Waals surface area contributed by atoms with E-state index in [-0.39, 0.29) is 5.91 Å². The topological polar surface area (TPSA) is 48.5 Å². The van der Waals surface area contributed by atoms with Crippen LogP contribution in [-0.4, -0.2) is 43.0 Å². The van der Waals surface area contributed by atoms with Crippen molar-refractivity contribution in [3.05, 3.63) is 90.3 Å². The summed E-state index contributed by atoms with van der Waals surface area (Å²) in [6, 6.07) is 24.3. The van der Waals surface area contributed by atoms with Crippen LogP contribution < -0.4 is 10.2 Å². The molecule has 0 aliphatic carbocycles. The maximum atomic E-state index is 12.6. The van der Waals surface area contributed by atoms with Crippen LogP contribution in [0.15, 0.2) is 79.0 Å². The Morgan fingerprint density at radius 2 is 1.62 bits per heavy atom. The Morgan fingerprint density at radius 1 is 0.931 bits per heavy atom. The number of anilines is 2. The number of hydrogen-bond acceptors (Lipinski definition) is 4. The van der Waals surface area contributed by atoms with Gasteiger partial charge in [0.05, 0.1) is 0 Å². The van der Waals surface area contributed by atoms with Gasteiger partial charge in [-0.25, -0.2) is 0 Å². The summed E-state index contributed by atoms with van der Waals surface area (Å²) in [5, 5.41) is 2.96. The predicted molar refractivity (Wildman–Crippen MR) is 118 cm³/mol. The quantitative estimate of drug-likeness (QED) is 0.561. The Morgan fingerprint density at radius 3 is 2.31 bits per heavy atom. The molecule has 0 spiro atoms. The predicted octanol–water partition coefficient (Wildman–Crippen LogP) is 4.10. The summed E-state index contributed by atoms with van der Waals surface area (Å²) in [6.07, 6.45) is 2.60. The highest BCUT2D eigenvalue weighted by Crippen LogP contribution is 2.27. The minimum atomic E-state index is -0.140. The lowest BCUT2D eigenvalue weighted by atomic mass is 10.1. The van der Waals surface area contributed by atoms with Gasteiger partial charge in [0.1, 0.15) is 5.69 Å². The molecule has 5 heteroatoms. The van der Waals surface area contributed by atoms with Crippen molar-refractivity contribution in [2.45, 2.75) is 13.0 Å². The van der Waals surface area contributed by atoms with Crippen LogP contribution in [0.4, 0.5) is 11.4 Å². The molecule has 0 aliphatic heterocycles. The fraction of sp³-hybridized carbons (Fsp3) is 0.250. The molecule has 1 amide bonds. The van der Waals surface area contributed by atoms with Crippen molar-refractivity contribution in [3.8, 4) is 0 Å². The van der Waals surface area contributed by atoms with Crippen molar-refractivity contribution < 1.29 is 4.79 Å². The van der Waals surface area contributed by atoms with Crippen LogP contribution in [-0.2, 0) is 6.54 Å². The molecule has 1 heterocycles. The summed E-state index contributed by atoms with van der Waals surface area (Å²) in [4.78, 5) is 21.1. The third-order valence-corrected chi connectivity index (χ3v) is 4.61. The molecule has 0 saturated carbocycles. The summed E-state index contributed by atoms with van der Waals surface area (Å²) in [7, 11) is 4.05. The fourth-order valence-electron chi connectivity index (χ4n) is 3.10. The Balaban J connectivity index is 1.79. The normalized spacial score (nSPS) is 10.7. The van der Waals surface area contributed by atoms with Crippen LogP contribution in [0.25, 0.3) is 0 Å². The highest BCUT2D eigenvalue weighted by atomic mass is 16.1. The van der Waals surface area contributed by atoms with Gasteiger partial charge in [-0.15, -0.1) is 0 Å². The zero-order chi connectivity index (χ0) is 20.5. The van der Waals surface area contributed by atoms with E-state index in [1.165, 1.54) is 5.56 Å². The molecule has 5 nitrogen and oxygen atoms in total. The lowest BCUT2D eigenvalue weighted by molar-refractivity contribution is 0.0947. The number of nitrogens with one attached hydrogen (secondary N) is 1. The number of nitrogens with zero attached hydrogens (tertiary/aromatic N) is 3. The molecule has 3 rings (SSSR count). The average Bonchev–Trinajstić information content (AvgIpc) is 2.76. The van der Waals surface area contributed by atoms with Crippen molar-refractivity contribution in [2.75, 3.05) is 32.1 Å². The zero-order valence-electron chi connectivity index (χ0n) is 17.1. The molecule has 0 saturated heterocycles. The number of carbonyl (C=O) groups is 1. The summed E-state index contributed by atoms with van der Waals surface area (Å²) in [5.74, 6) is -0.140. The molecule has 150 valence electrons. The Labute approximate surface area is 173 Å². The second-order valence-corrected chi connectivity index (χ2v) is 7.22. The molecule has 0 atom stereocenters. The second kappa shape index (κ2) is 10.4. The van der Waals surface area contributed by atoms with Crippen molar-refractivity contribution in [3.63, 3.8) is 0 Å². The maximum absolute atomic E-state index is 12.6. The maximum Gasteiger partial charge on any atom is 0.269 e. The second-order valence-electron chi connectivity index (χ2n) is 7.22. The van der Waals surface area contributed by atoms with Crippen LogP contribution in [0, 0.1) is 0 Å². The van der Waals surface area contributed by atoms with Crippen molar-refractivity contribution >= 4 is 17.3 Å². The van der Waals surface area contributed by atoms with Gasteiger partial charge in [0.25, 0.3) is 5.91 Å². The molecule has 1 aromatic heterocycles. The lowest BCUT2D eigenvalue weighted by Crippen LogP contribution is -2.28. The number of rotatable bonds is 9. The van der Waals surface area contributed by atoms with Gasteiger partial charge in [-0.05, 0) is 56.9 Å². The summed E-state index contributed by atoms with van der Waals surface area (Å²) in [5.41, 5.74) is 3.64. The summed E-state index contributed by atoms with van der Waals surface area (Å²) in [6.45, 7) is 2.28. The van der Waals surface area contributed by atoms with Crippen molar-refractivity contribution in [2.24, 2.45) is 0 Å². The third kappa shape index (κ3) is 6.16. The number of pyridine rings is 1. The van der Waals surface area contributed by atoms with E-state index in [0.717, 1.165) is 24.3 Å². The Bertz CT molecular complexity index is 897. The van der Waals surface area contributed by atoms with Crippen molar-refractivity contribution in [1.29, 1.82) is 0 Å². The number of amides is 1. The van der Waals surface area contributed by atoms with Gasteiger partial charge in [-0.3, -0.25) is 9.78 Å². The van der Waals surface area contributed by atoms with Crippen LogP contribution >= 0.6 is 0 Å². The van der Waals surface area contributed by atoms with E-state index in [9.17, 15) is 4.79 Å². The summed E-state index contributed by atoms with van der Waals surface area (Å²) >= 11 is 0. The number of para-hydroxylation sites is 1. The number of hydrogen-bond donors (Lipinski definition) is 1. The molecule has 0 aliphatic rings. The van der Waals surface area contributed by atoms with E-state index in [4.69, 9.17) is 0 Å². The van der Waals surface area contributed by atoms with Crippen LogP contribution in [0.1, 0.15) is 22.5 Å². The highest BCUT2D eigenvalue weighted by Gasteiger charge is 2.14. The third-order valence-electron chi connectivity index (χ3n) is 4.61. The first-order valence-electron chi connectivity index (χ1n) is 9.89. The molecular formula is C24H28N4O. The van der Waals surface area contributed by atoms with Crippen LogP contribution in [0.3, 0.4) is 0 Å². The first-order valence-corrected chi connectivity index (χ1v) is 9.89. The van der Waals surface area contributed by atoms with Gasteiger partial charge < -0.3 is 15.1 Å². The fourth-order valence-corrected chi connectivity index (χ4v) is 3.10. The SMILES string of the molecule is CN(C)CCCNC(=O)c1cc(N(Cc2ccccc2)c2ccccc2)ccn1. The highest BCUT2D eigenvalue weighted by molar-refractivity contribution is 5.93. The molecule has 29 heavy (non-hydrogen) atoms. The largest absolute Gasteiger partial charge is 0.351 e. The van der Waals surface area contributed by atoms with E-state index in [2.05, 4.69) is 44.4 Å². The van der Waals surface area contributed by atoms with Crippen LogP contribution in [0.2, 0.25) is 0 Å². The van der Waals surface area contributed by atoms with Gasteiger partial charge in [-0.1, -0.05) is 48.5 Å². The van der Waals surface area contributed by atoms with E-state index >= 15 is 0 Å². The van der Waals surface area contributed by atoms with Crippen molar-refractivity contribution in [1.82, 2.24) is 15.2 Å². The van der Waals surface area contributed by atoms with E-state index in [1.807, 2.05) is 62.6 Å².